The minimum atomic E-state index is -1.45. The van der Waals surface area contributed by atoms with E-state index in [0.717, 1.165) is 18.4 Å². The second-order valence-electron chi connectivity index (χ2n) is 17.5. The number of aliphatic hydroxyl groups excluding tert-OH is 6. The summed E-state index contributed by atoms with van der Waals surface area (Å²) in [7, 11) is 0. The summed E-state index contributed by atoms with van der Waals surface area (Å²) < 4.78 is 11.9. The molecule has 0 unspecified atom stereocenters. The standard InChI is InChI=1S/C35H56O10/c1-30(2)11-12-35(29(42)43)19(13-30)18-7-8-22-31(3)10-9-24(45-28-26(41)25(40)21(38)16-44-28)32(4,17-36)27(31)20(37)14-34(22,6)33(18,5)15-23(35)39/h7,19-28,36-41H,8-17H2,1-6H3,(H,42,43)/t19-,20+,21-,22+,23+,24-,25-,26+,27+,28-,31+,32+,33+,34+,35+/m0/s1. The van der Waals surface area contributed by atoms with Gasteiger partial charge in [-0.25, -0.2) is 0 Å². The average Bonchev–Trinajstić information content (AvgIpc) is 2.94. The van der Waals surface area contributed by atoms with Gasteiger partial charge < -0.3 is 45.2 Å². The fourth-order valence-electron chi connectivity index (χ4n) is 12.2. The van der Waals surface area contributed by atoms with E-state index in [2.05, 4.69) is 40.7 Å². The van der Waals surface area contributed by atoms with Crippen molar-refractivity contribution < 1.29 is 50.0 Å². The van der Waals surface area contributed by atoms with Crippen LogP contribution in [0.1, 0.15) is 92.9 Å². The van der Waals surface area contributed by atoms with Gasteiger partial charge in [-0.3, -0.25) is 4.79 Å². The SMILES string of the molecule is CC1(C)CC[C@]2(C(=O)O)[C@H](O)C[C@]3(C)C(=CC[C@@H]4[C@@]5(C)CC[C@H](O[C@@H]6OC[C@H](O)[C@H](O)[C@H]6O)[C@@](C)(CO)[C@@H]5[C@H](O)C[C@]43C)[C@@H]2C1. The predicted molar refractivity (Wildman–Crippen MR) is 163 cm³/mol. The molecule has 1 aliphatic heterocycles. The van der Waals surface area contributed by atoms with Crippen molar-refractivity contribution in [1.29, 1.82) is 0 Å². The molecule has 6 rings (SSSR count). The first-order chi connectivity index (χ1) is 20.8. The van der Waals surface area contributed by atoms with Gasteiger partial charge in [-0.15, -0.1) is 0 Å². The molecule has 0 radical (unpaired) electrons. The van der Waals surface area contributed by atoms with Crippen molar-refractivity contribution in [2.24, 2.45) is 50.2 Å². The summed E-state index contributed by atoms with van der Waals surface area (Å²) in [6.45, 7) is 12.5. The second-order valence-corrected chi connectivity index (χ2v) is 17.5. The highest BCUT2D eigenvalue weighted by atomic mass is 16.7. The number of hydrogen-bond donors (Lipinski definition) is 7. The van der Waals surface area contributed by atoms with E-state index in [9.17, 15) is 40.5 Å². The van der Waals surface area contributed by atoms with Crippen LogP contribution in [0, 0.1) is 50.2 Å². The van der Waals surface area contributed by atoms with Crippen LogP contribution in [0.4, 0.5) is 0 Å². The minimum Gasteiger partial charge on any atom is -0.481 e. The normalized spacial score (nSPS) is 55.8. The van der Waals surface area contributed by atoms with Crippen LogP contribution in [-0.4, -0.2) is 97.8 Å². The maximum absolute atomic E-state index is 13.0. The molecule has 5 aliphatic carbocycles. The van der Waals surface area contributed by atoms with Crippen molar-refractivity contribution in [2.75, 3.05) is 13.2 Å². The Morgan fingerprint density at radius 1 is 0.933 bits per heavy atom. The predicted octanol–water partition coefficient (Wildman–Crippen LogP) is 2.61. The summed E-state index contributed by atoms with van der Waals surface area (Å²) in [5, 5.41) is 76.4. The Labute approximate surface area is 266 Å². The van der Waals surface area contributed by atoms with Crippen molar-refractivity contribution in [3.63, 3.8) is 0 Å². The smallest absolute Gasteiger partial charge is 0.312 e. The molecule has 1 saturated heterocycles. The topological polar surface area (TPSA) is 177 Å². The lowest BCUT2D eigenvalue weighted by atomic mass is 9.32. The third kappa shape index (κ3) is 4.45. The number of fused-ring (bicyclic) bond motifs is 7. The first-order valence-electron chi connectivity index (χ1n) is 17.0. The quantitative estimate of drug-likeness (QED) is 0.179. The number of ether oxygens (including phenoxy) is 2. The molecule has 0 amide bonds. The molecule has 1 heterocycles. The summed E-state index contributed by atoms with van der Waals surface area (Å²) >= 11 is 0. The molecule has 6 aliphatic rings. The highest BCUT2D eigenvalue weighted by molar-refractivity contribution is 5.77. The molecule has 0 aromatic rings. The largest absolute Gasteiger partial charge is 0.481 e. The van der Waals surface area contributed by atoms with Gasteiger partial charge in [-0.1, -0.05) is 53.2 Å². The van der Waals surface area contributed by atoms with Gasteiger partial charge in [0.25, 0.3) is 0 Å². The summed E-state index contributed by atoms with van der Waals surface area (Å²) in [5.74, 6) is -1.46. The zero-order chi connectivity index (χ0) is 33.1. The summed E-state index contributed by atoms with van der Waals surface area (Å²) in [6.07, 6.45) is -0.763. The van der Waals surface area contributed by atoms with E-state index >= 15 is 0 Å². The zero-order valence-electron chi connectivity index (χ0n) is 27.8. The van der Waals surface area contributed by atoms with E-state index < -0.39 is 76.0 Å². The van der Waals surface area contributed by atoms with Crippen LogP contribution in [0.2, 0.25) is 0 Å². The van der Waals surface area contributed by atoms with Gasteiger partial charge >= 0.3 is 5.97 Å². The van der Waals surface area contributed by atoms with Crippen LogP contribution in [0.3, 0.4) is 0 Å². The molecule has 5 fully saturated rings. The van der Waals surface area contributed by atoms with Gasteiger partial charge in [0.15, 0.2) is 6.29 Å². The Bertz CT molecular complexity index is 1220. The van der Waals surface area contributed by atoms with Gasteiger partial charge in [0.05, 0.1) is 31.5 Å². The van der Waals surface area contributed by atoms with E-state index in [0.29, 0.717) is 38.5 Å². The summed E-state index contributed by atoms with van der Waals surface area (Å²) in [5.41, 5.74) is -2.40. The minimum absolute atomic E-state index is 0.0472. The van der Waals surface area contributed by atoms with Crippen molar-refractivity contribution in [2.45, 2.75) is 136 Å². The number of carbonyl (C=O) groups is 1. The molecule has 0 bridgehead atoms. The Morgan fingerprint density at radius 2 is 1.62 bits per heavy atom. The highest BCUT2D eigenvalue weighted by Crippen LogP contribution is 2.76. The molecule has 10 heteroatoms. The lowest BCUT2D eigenvalue weighted by Gasteiger charge is -2.72. The first kappa shape index (κ1) is 33.8. The molecule has 256 valence electrons. The molecular formula is C35H56O10. The molecule has 0 aromatic carbocycles. The second kappa shape index (κ2) is 10.7. The maximum Gasteiger partial charge on any atom is 0.312 e. The molecule has 10 nitrogen and oxygen atoms in total. The van der Waals surface area contributed by atoms with E-state index in [1.807, 2.05) is 6.92 Å². The van der Waals surface area contributed by atoms with Crippen LogP contribution in [-0.2, 0) is 14.3 Å². The Kier molecular flexibility index (Phi) is 8.03. The van der Waals surface area contributed by atoms with Gasteiger partial charge in [0, 0.05) is 11.3 Å². The third-order valence-corrected chi connectivity index (χ3v) is 14.8. The van der Waals surface area contributed by atoms with Gasteiger partial charge in [-0.05, 0) is 84.9 Å². The Balaban J connectivity index is 1.37. The van der Waals surface area contributed by atoms with Crippen molar-refractivity contribution in [1.82, 2.24) is 0 Å². The van der Waals surface area contributed by atoms with Gasteiger partial charge in [0.2, 0.25) is 0 Å². The Morgan fingerprint density at radius 3 is 2.27 bits per heavy atom. The lowest BCUT2D eigenvalue weighted by Crippen LogP contribution is -2.71. The lowest BCUT2D eigenvalue weighted by molar-refractivity contribution is -0.320. The molecule has 45 heavy (non-hydrogen) atoms. The van der Waals surface area contributed by atoms with Crippen LogP contribution in [0.25, 0.3) is 0 Å². The Hall–Kier alpha value is -1.11. The van der Waals surface area contributed by atoms with E-state index in [4.69, 9.17) is 9.47 Å². The number of carboxylic acid groups (broad SMARTS) is 1. The molecule has 4 saturated carbocycles. The van der Waals surface area contributed by atoms with Crippen molar-refractivity contribution >= 4 is 5.97 Å². The molecule has 0 aromatic heterocycles. The molecule has 15 atom stereocenters. The molecule has 7 N–H and O–H groups in total. The fraction of sp³-hybridized carbons (Fsp3) is 0.914. The van der Waals surface area contributed by atoms with Gasteiger partial charge in [-0.2, -0.15) is 0 Å². The number of rotatable bonds is 4. The average molecular weight is 637 g/mol. The van der Waals surface area contributed by atoms with Crippen LogP contribution in [0.5, 0.6) is 0 Å². The fourth-order valence-corrected chi connectivity index (χ4v) is 12.2. The number of aliphatic carboxylic acids is 1. The van der Waals surface area contributed by atoms with Crippen LogP contribution in [0.15, 0.2) is 11.6 Å². The van der Waals surface area contributed by atoms with Crippen molar-refractivity contribution in [3.05, 3.63) is 11.6 Å². The van der Waals surface area contributed by atoms with Gasteiger partial charge in [0.1, 0.15) is 23.7 Å². The van der Waals surface area contributed by atoms with E-state index in [-0.39, 0.29) is 36.4 Å². The first-order valence-corrected chi connectivity index (χ1v) is 17.0. The summed E-state index contributed by atoms with van der Waals surface area (Å²) in [4.78, 5) is 13.0. The third-order valence-electron chi connectivity index (χ3n) is 14.8. The maximum atomic E-state index is 13.0. The van der Waals surface area contributed by atoms with Crippen LogP contribution >= 0.6 is 0 Å². The number of carboxylic acids is 1. The molecular weight excluding hydrogens is 580 g/mol. The monoisotopic (exact) mass is 636 g/mol. The van der Waals surface area contributed by atoms with E-state index in [1.165, 1.54) is 0 Å². The van der Waals surface area contributed by atoms with E-state index in [1.54, 1.807) is 0 Å². The number of aliphatic hydroxyl groups is 6. The summed E-state index contributed by atoms with van der Waals surface area (Å²) in [6, 6.07) is 0. The highest BCUT2D eigenvalue weighted by Gasteiger charge is 2.73. The van der Waals surface area contributed by atoms with Crippen molar-refractivity contribution in [3.8, 4) is 0 Å². The number of hydrogen-bond acceptors (Lipinski definition) is 9. The zero-order valence-corrected chi connectivity index (χ0v) is 27.8. The number of allylic oxidation sites excluding steroid dienone is 2. The van der Waals surface area contributed by atoms with Crippen LogP contribution < -0.4 is 0 Å². The molecule has 0 spiro atoms.